The first kappa shape index (κ1) is 12.1. The Morgan fingerprint density at radius 3 is 3.24 bits per heavy atom. The van der Waals surface area contributed by atoms with Gasteiger partial charge in [0, 0.05) is 32.4 Å². The van der Waals surface area contributed by atoms with Crippen molar-refractivity contribution < 1.29 is 5.11 Å². The van der Waals surface area contributed by atoms with E-state index in [9.17, 15) is 0 Å². The molecule has 1 fully saturated rings. The average Bonchev–Trinajstić information content (AvgIpc) is 2.84. The van der Waals surface area contributed by atoms with E-state index in [1.54, 1.807) is 6.20 Å². The Kier molecular flexibility index (Phi) is 4.14. The Balaban J connectivity index is 2.08. The van der Waals surface area contributed by atoms with Crippen molar-refractivity contribution in [2.45, 2.75) is 31.7 Å². The lowest BCUT2D eigenvalue weighted by molar-refractivity contribution is 0.279. The normalized spacial score (nSPS) is 19.6. The van der Waals surface area contributed by atoms with Gasteiger partial charge in [-0.2, -0.15) is 4.98 Å². The Hall–Kier alpha value is -1.36. The summed E-state index contributed by atoms with van der Waals surface area (Å²) in [7, 11) is 1.83. The van der Waals surface area contributed by atoms with Crippen molar-refractivity contribution in [2.75, 3.05) is 30.4 Å². The van der Waals surface area contributed by atoms with Crippen LogP contribution in [0.3, 0.4) is 0 Å². The molecule has 0 bridgehead atoms. The van der Waals surface area contributed by atoms with Gasteiger partial charge in [0.2, 0.25) is 5.95 Å². The standard InChI is InChI=1S/C12H20N4O/c1-13-12-14-7-6-11(15-12)16-8-2-4-10(16)5-3-9-17/h6-7,10,17H,2-5,8-9H2,1H3,(H,13,14,15). The summed E-state index contributed by atoms with van der Waals surface area (Å²) in [5.74, 6) is 1.65. The summed E-state index contributed by atoms with van der Waals surface area (Å²) in [5.41, 5.74) is 0. The summed E-state index contributed by atoms with van der Waals surface area (Å²) >= 11 is 0. The van der Waals surface area contributed by atoms with E-state index in [1.165, 1.54) is 12.8 Å². The fraction of sp³-hybridized carbons (Fsp3) is 0.667. The number of hydrogen-bond donors (Lipinski definition) is 2. The highest BCUT2D eigenvalue weighted by Gasteiger charge is 2.25. The first-order valence-corrected chi connectivity index (χ1v) is 6.23. The number of rotatable bonds is 5. The fourth-order valence-electron chi connectivity index (χ4n) is 2.39. The van der Waals surface area contributed by atoms with Crippen molar-refractivity contribution >= 4 is 11.8 Å². The third kappa shape index (κ3) is 2.85. The molecule has 0 radical (unpaired) electrons. The van der Waals surface area contributed by atoms with Gasteiger partial charge in [0.1, 0.15) is 5.82 Å². The zero-order chi connectivity index (χ0) is 12.1. The monoisotopic (exact) mass is 236 g/mol. The van der Waals surface area contributed by atoms with Crippen LogP contribution in [0.2, 0.25) is 0 Å². The molecule has 1 aliphatic rings. The summed E-state index contributed by atoms with van der Waals surface area (Å²) in [6.45, 7) is 1.33. The van der Waals surface area contributed by atoms with E-state index in [1.807, 2.05) is 13.1 Å². The lowest BCUT2D eigenvalue weighted by Crippen LogP contribution is -2.30. The van der Waals surface area contributed by atoms with Crippen LogP contribution in [0.5, 0.6) is 0 Å². The van der Waals surface area contributed by atoms with Crippen LogP contribution in [0.1, 0.15) is 25.7 Å². The van der Waals surface area contributed by atoms with Crippen LogP contribution in [0.25, 0.3) is 0 Å². The van der Waals surface area contributed by atoms with Crippen LogP contribution in [0, 0.1) is 0 Å². The number of hydrogen-bond acceptors (Lipinski definition) is 5. The molecule has 2 heterocycles. The van der Waals surface area contributed by atoms with Gasteiger partial charge in [-0.25, -0.2) is 4.98 Å². The molecule has 2 N–H and O–H groups in total. The molecule has 0 aromatic carbocycles. The second-order valence-electron chi connectivity index (χ2n) is 4.34. The van der Waals surface area contributed by atoms with Crippen molar-refractivity contribution in [3.63, 3.8) is 0 Å². The van der Waals surface area contributed by atoms with Gasteiger partial charge in [0.15, 0.2) is 0 Å². The summed E-state index contributed by atoms with van der Waals surface area (Å²) in [6, 6.07) is 2.47. The Morgan fingerprint density at radius 2 is 2.47 bits per heavy atom. The lowest BCUT2D eigenvalue weighted by atomic mass is 10.1. The molecule has 0 aliphatic carbocycles. The van der Waals surface area contributed by atoms with E-state index < -0.39 is 0 Å². The van der Waals surface area contributed by atoms with Crippen LogP contribution in [-0.4, -0.2) is 41.3 Å². The molecule has 1 atom stereocenters. The van der Waals surface area contributed by atoms with Crippen molar-refractivity contribution in [3.8, 4) is 0 Å². The maximum atomic E-state index is 8.91. The lowest BCUT2D eigenvalue weighted by Gasteiger charge is -2.25. The highest BCUT2D eigenvalue weighted by molar-refractivity contribution is 5.44. The SMILES string of the molecule is CNc1nccc(N2CCCC2CCCO)n1. The smallest absolute Gasteiger partial charge is 0.224 e. The molecule has 0 saturated carbocycles. The van der Waals surface area contributed by atoms with Gasteiger partial charge in [-0.3, -0.25) is 0 Å². The van der Waals surface area contributed by atoms with Gasteiger partial charge in [0.05, 0.1) is 0 Å². The van der Waals surface area contributed by atoms with E-state index in [4.69, 9.17) is 5.11 Å². The molecule has 1 saturated heterocycles. The zero-order valence-electron chi connectivity index (χ0n) is 10.3. The molecule has 1 aromatic rings. The summed E-state index contributed by atoms with van der Waals surface area (Å²) in [4.78, 5) is 10.9. The van der Waals surface area contributed by atoms with Crippen molar-refractivity contribution in [2.24, 2.45) is 0 Å². The second kappa shape index (κ2) is 5.82. The molecule has 0 amide bonds. The molecule has 1 aromatic heterocycles. The van der Waals surface area contributed by atoms with Crippen LogP contribution < -0.4 is 10.2 Å². The second-order valence-corrected chi connectivity index (χ2v) is 4.34. The Bertz CT molecular complexity index is 358. The van der Waals surface area contributed by atoms with E-state index in [0.29, 0.717) is 12.0 Å². The van der Waals surface area contributed by atoms with Crippen molar-refractivity contribution in [1.82, 2.24) is 9.97 Å². The highest BCUT2D eigenvalue weighted by Crippen LogP contribution is 2.26. The molecule has 1 unspecified atom stereocenters. The predicted molar refractivity (Wildman–Crippen MR) is 68.3 cm³/mol. The number of nitrogens with zero attached hydrogens (tertiary/aromatic N) is 3. The molecule has 2 rings (SSSR count). The van der Waals surface area contributed by atoms with Crippen LogP contribution in [-0.2, 0) is 0 Å². The largest absolute Gasteiger partial charge is 0.396 e. The minimum absolute atomic E-state index is 0.274. The third-order valence-corrected chi connectivity index (χ3v) is 3.23. The predicted octanol–water partition coefficient (Wildman–Crippen LogP) is 1.26. The molecular formula is C12H20N4O. The third-order valence-electron chi connectivity index (χ3n) is 3.23. The number of aliphatic hydroxyl groups excluding tert-OH is 1. The molecule has 17 heavy (non-hydrogen) atoms. The molecule has 5 nitrogen and oxygen atoms in total. The van der Waals surface area contributed by atoms with Gasteiger partial charge in [-0.05, 0) is 31.7 Å². The number of aliphatic hydroxyl groups is 1. The van der Waals surface area contributed by atoms with Gasteiger partial charge in [-0.1, -0.05) is 0 Å². The fourth-order valence-corrected chi connectivity index (χ4v) is 2.39. The van der Waals surface area contributed by atoms with Crippen molar-refractivity contribution in [1.29, 1.82) is 0 Å². The number of nitrogens with one attached hydrogen (secondary N) is 1. The van der Waals surface area contributed by atoms with Crippen LogP contribution in [0.15, 0.2) is 12.3 Å². The van der Waals surface area contributed by atoms with Gasteiger partial charge >= 0.3 is 0 Å². The number of anilines is 2. The minimum atomic E-state index is 0.274. The quantitative estimate of drug-likeness (QED) is 0.806. The summed E-state index contributed by atoms with van der Waals surface area (Å²) in [6.07, 6.45) is 6.09. The van der Waals surface area contributed by atoms with E-state index >= 15 is 0 Å². The van der Waals surface area contributed by atoms with Crippen LogP contribution in [0.4, 0.5) is 11.8 Å². The number of aromatic nitrogens is 2. The summed E-state index contributed by atoms with van der Waals surface area (Å²) < 4.78 is 0. The Morgan fingerprint density at radius 1 is 1.59 bits per heavy atom. The molecule has 94 valence electrons. The van der Waals surface area contributed by atoms with E-state index in [-0.39, 0.29) is 6.61 Å². The maximum absolute atomic E-state index is 8.91. The average molecular weight is 236 g/mol. The first-order valence-electron chi connectivity index (χ1n) is 6.23. The topological polar surface area (TPSA) is 61.3 Å². The van der Waals surface area contributed by atoms with E-state index in [0.717, 1.165) is 25.2 Å². The zero-order valence-corrected chi connectivity index (χ0v) is 10.3. The molecule has 5 heteroatoms. The van der Waals surface area contributed by atoms with Gasteiger partial charge in [-0.15, -0.1) is 0 Å². The van der Waals surface area contributed by atoms with E-state index in [2.05, 4.69) is 20.2 Å². The van der Waals surface area contributed by atoms with Crippen molar-refractivity contribution in [3.05, 3.63) is 12.3 Å². The molecule has 0 spiro atoms. The Labute approximate surface area is 102 Å². The first-order chi connectivity index (χ1) is 8.35. The maximum Gasteiger partial charge on any atom is 0.224 e. The molecule has 1 aliphatic heterocycles. The van der Waals surface area contributed by atoms with Crippen LogP contribution >= 0.6 is 0 Å². The highest BCUT2D eigenvalue weighted by atomic mass is 16.2. The summed E-state index contributed by atoms with van der Waals surface area (Å²) in [5, 5.41) is 11.9. The van der Waals surface area contributed by atoms with Gasteiger partial charge in [0.25, 0.3) is 0 Å². The minimum Gasteiger partial charge on any atom is -0.396 e. The van der Waals surface area contributed by atoms with Gasteiger partial charge < -0.3 is 15.3 Å². The molecular weight excluding hydrogens is 216 g/mol.